The third kappa shape index (κ3) is 6.28. The van der Waals surface area contributed by atoms with Crippen molar-refractivity contribution in [3.05, 3.63) is 53.5 Å². The molecule has 2 aromatic heterocycles. The number of piperidine rings is 1. The predicted octanol–water partition coefficient (Wildman–Crippen LogP) is 5.53. The number of rotatable bonds is 10. The highest BCUT2D eigenvalue weighted by Crippen LogP contribution is 2.31. The number of ether oxygens (including phenoxy) is 2. The van der Waals surface area contributed by atoms with Gasteiger partial charge in [-0.05, 0) is 67.3 Å². The maximum Gasteiger partial charge on any atom is 0.310 e. The molecule has 0 saturated carbocycles. The second kappa shape index (κ2) is 11.9. The number of likely N-dealkylation sites (tertiary alicyclic amines) is 1. The first-order valence-electron chi connectivity index (χ1n) is 11.6. The zero-order valence-electron chi connectivity index (χ0n) is 19.4. The highest BCUT2D eigenvalue weighted by atomic mass is 32.2. The van der Waals surface area contributed by atoms with Gasteiger partial charge in [-0.25, -0.2) is 0 Å². The molecule has 1 aliphatic heterocycles. The first-order chi connectivity index (χ1) is 16.2. The summed E-state index contributed by atoms with van der Waals surface area (Å²) in [5.41, 5.74) is 2.28. The number of hydrogen-bond acceptors (Lipinski definition) is 7. The summed E-state index contributed by atoms with van der Waals surface area (Å²) in [6, 6.07) is 12.6. The van der Waals surface area contributed by atoms with Crippen LogP contribution in [-0.4, -0.2) is 55.5 Å². The Kier molecular flexibility index (Phi) is 8.64. The number of benzene rings is 1. The van der Waals surface area contributed by atoms with Gasteiger partial charge in [0.2, 0.25) is 0 Å². The lowest BCUT2D eigenvalue weighted by molar-refractivity contribution is -0.149. The van der Waals surface area contributed by atoms with Crippen molar-refractivity contribution in [2.45, 2.75) is 29.9 Å². The van der Waals surface area contributed by atoms with Gasteiger partial charge < -0.3 is 14.4 Å². The number of carbonyl (C=O) groups excluding carboxylic acids is 1. The zero-order chi connectivity index (χ0) is 23.0. The third-order valence-electron chi connectivity index (χ3n) is 6.54. The van der Waals surface area contributed by atoms with E-state index < -0.39 is 0 Å². The maximum absolute atomic E-state index is 12.6. The molecule has 5 nitrogen and oxygen atoms in total. The average molecular weight is 485 g/mol. The van der Waals surface area contributed by atoms with E-state index in [1.54, 1.807) is 24.6 Å². The standard InChI is InChI=1S/C26H32N2O3S2/c1-30-21-16-22-19(8-4-9-24(22)27-17-21)6-3-7-20-11-12-28(18-23(20)26(29)31-2)13-15-33-25-10-5-14-32-25/h4-5,8-10,14,16-17,20,23H,3,6-7,11-13,15,18H2,1-2H3/t20-,23-/m0/s1. The van der Waals surface area contributed by atoms with Gasteiger partial charge in [0, 0.05) is 24.2 Å². The molecule has 0 bridgehead atoms. The van der Waals surface area contributed by atoms with Gasteiger partial charge in [-0.2, -0.15) is 0 Å². The summed E-state index contributed by atoms with van der Waals surface area (Å²) in [4.78, 5) is 19.5. The third-order valence-corrected chi connectivity index (χ3v) is 8.65. The molecule has 1 aromatic carbocycles. The van der Waals surface area contributed by atoms with E-state index in [2.05, 4.69) is 45.6 Å². The van der Waals surface area contributed by atoms with Crippen molar-refractivity contribution < 1.29 is 14.3 Å². The molecular formula is C26H32N2O3S2. The van der Waals surface area contributed by atoms with E-state index in [4.69, 9.17) is 9.47 Å². The van der Waals surface area contributed by atoms with E-state index in [-0.39, 0.29) is 11.9 Å². The molecule has 0 aliphatic carbocycles. The molecule has 1 aliphatic rings. The SMILES string of the molecule is COC(=O)[C@H]1CN(CCSc2cccs2)CC[C@@H]1CCCc1cccc2ncc(OC)cc12. The van der Waals surface area contributed by atoms with Crippen LogP contribution in [0.5, 0.6) is 5.75 Å². The first-order valence-corrected chi connectivity index (χ1v) is 13.4. The molecule has 1 fully saturated rings. The molecule has 7 heteroatoms. The quantitative estimate of drug-likeness (QED) is 0.279. The van der Waals surface area contributed by atoms with Crippen LogP contribution in [0.15, 0.2) is 52.2 Å². The van der Waals surface area contributed by atoms with Gasteiger partial charge in [0.1, 0.15) is 5.75 Å². The topological polar surface area (TPSA) is 51.7 Å². The van der Waals surface area contributed by atoms with E-state index in [1.165, 1.54) is 16.9 Å². The van der Waals surface area contributed by atoms with Crippen LogP contribution in [0.1, 0.15) is 24.8 Å². The number of hydrogen-bond donors (Lipinski definition) is 0. The summed E-state index contributed by atoms with van der Waals surface area (Å²) in [6.45, 7) is 2.86. The summed E-state index contributed by atoms with van der Waals surface area (Å²) in [5.74, 6) is 2.11. The summed E-state index contributed by atoms with van der Waals surface area (Å²) in [7, 11) is 3.19. The van der Waals surface area contributed by atoms with E-state index in [1.807, 2.05) is 17.8 Å². The highest BCUT2D eigenvalue weighted by Gasteiger charge is 2.34. The number of aromatic nitrogens is 1. The molecule has 176 valence electrons. The number of nitrogens with zero attached hydrogens (tertiary/aromatic N) is 2. The van der Waals surface area contributed by atoms with Crippen LogP contribution in [0.25, 0.3) is 10.9 Å². The second-order valence-electron chi connectivity index (χ2n) is 8.51. The molecule has 0 unspecified atom stereocenters. The lowest BCUT2D eigenvalue weighted by atomic mass is 9.81. The molecular weight excluding hydrogens is 452 g/mol. The number of pyridine rings is 1. The van der Waals surface area contributed by atoms with Crippen molar-refractivity contribution in [3.63, 3.8) is 0 Å². The average Bonchev–Trinajstić information content (AvgIpc) is 3.37. The number of carbonyl (C=O) groups is 1. The van der Waals surface area contributed by atoms with Crippen LogP contribution in [-0.2, 0) is 16.0 Å². The minimum absolute atomic E-state index is 0.0373. The summed E-state index contributed by atoms with van der Waals surface area (Å²) in [5, 5.41) is 3.27. The van der Waals surface area contributed by atoms with Gasteiger partial charge in [0.15, 0.2) is 0 Å². The molecule has 3 aromatic rings. The van der Waals surface area contributed by atoms with E-state index >= 15 is 0 Å². The van der Waals surface area contributed by atoms with Crippen LogP contribution in [0.2, 0.25) is 0 Å². The van der Waals surface area contributed by atoms with E-state index in [0.29, 0.717) is 5.92 Å². The lowest BCUT2D eigenvalue weighted by Gasteiger charge is -2.37. The number of thioether (sulfide) groups is 1. The van der Waals surface area contributed by atoms with Crippen LogP contribution >= 0.6 is 23.1 Å². The Morgan fingerprint density at radius 2 is 2.18 bits per heavy atom. The molecule has 33 heavy (non-hydrogen) atoms. The summed E-state index contributed by atoms with van der Waals surface area (Å²) in [6.07, 6.45) is 5.86. The van der Waals surface area contributed by atoms with Crippen molar-refractivity contribution in [3.8, 4) is 5.75 Å². The fourth-order valence-electron chi connectivity index (χ4n) is 4.73. The van der Waals surface area contributed by atoms with Gasteiger partial charge in [0.05, 0.1) is 36.1 Å². The smallest absolute Gasteiger partial charge is 0.310 e. The van der Waals surface area contributed by atoms with Crippen molar-refractivity contribution >= 4 is 40.0 Å². The number of esters is 1. The summed E-state index contributed by atoms with van der Waals surface area (Å²) < 4.78 is 11.9. The Morgan fingerprint density at radius 1 is 1.27 bits per heavy atom. The Hall–Kier alpha value is -2.09. The lowest BCUT2D eigenvalue weighted by Crippen LogP contribution is -2.45. The normalized spacial score (nSPS) is 19.0. The minimum atomic E-state index is -0.0605. The summed E-state index contributed by atoms with van der Waals surface area (Å²) >= 11 is 3.69. The van der Waals surface area contributed by atoms with Crippen molar-refractivity contribution in [2.24, 2.45) is 11.8 Å². The fourth-order valence-corrected chi connectivity index (χ4v) is 6.59. The number of fused-ring (bicyclic) bond motifs is 1. The highest BCUT2D eigenvalue weighted by molar-refractivity contribution is 8.01. The second-order valence-corrected chi connectivity index (χ2v) is 10.9. The molecule has 3 heterocycles. The molecule has 2 atom stereocenters. The number of thiophene rings is 1. The van der Waals surface area contributed by atoms with Gasteiger partial charge in [0.25, 0.3) is 0 Å². The van der Waals surface area contributed by atoms with Crippen molar-refractivity contribution in [1.82, 2.24) is 9.88 Å². The van der Waals surface area contributed by atoms with Crippen molar-refractivity contribution in [1.29, 1.82) is 0 Å². The van der Waals surface area contributed by atoms with Gasteiger partial charge in [-0.1, -0.05) is 18.2 Å². The zero-order valence-corrected chi connectivity index (χ0v) is 21.0. The Balaban J connectivity index is 1.32. The van der Waals surface area contributed by atoms with Gasteiger partial charge in [-0.3, -0.25) is 9.78 Å². The largest absolute Gasteiger partial charge is 0.495 e. The Labute approximate surface area is 204 Å². The molecule has 0 amide bonds. The molecule has 0 radical (unpaired) electrons. The molecule has 0 N–H and O–H groups in total. The van der Waals surface area contributed by atoms with Crippen LogP contribution in [0.4, 0.5) is 0 Å². The van der Waals surface area contributed by atoms with Gasteiger partial charge >= 0.3 is 5.97 Å². The Morgan fingerprint density at radius 3 is 2.97 bits per heavy atom. The monoisotopic (exact) mass is 484 g/mol. The Bertz CT molecular complexity index is 1040. The minimum Gasteiger partial charge on any atom is -0.495 e. The van der Waals surface area contributed by atoms with E-state index in [9.17, 15) is 4.79 Å². The number of methoxy groups -OCH3 is 2. The molecule has 0 spiro atoms. The van der Waals surface area contributed by atoms with Gasteiger partial charge in [-0.15, -0.1) is 23.1 Å². The van der Waals surface area contributed by atoms with Crippen LogP contribution < -0.4 is 4.74 Å². The van der Waals surface area contributed by atoms with Crippen molar-refractivity contribution in [2.75, 3.05) is 39.6 Å². The fraction of sp³-hybridized carbons (Fsp3) is 0.462. The van der Waals surface area contributed by atoms with Crippen LogP contribution in [0, 0.1) is 11.8 Å². The molecule has 1 saturated heterocycles. The predicted molar refractivity (Wildman–Crippen MR) is 136 cm³/mol. The molecule has 4 rings (SSSR count). The van der Waals surface area contributed by atoms with Crippen LogP contribution in [0.3, 0.4) is 0 Å². The maximum atomic E-state index is 12.6. The number of aryl methyl sites for hydroxylation is 1. The first kappa shape index (κ1) is 24.0. The van der Waals surface area contributed by atoms with E-state index in [0.717, 1.165) is 67.7 Å².